The van der Waals surface area contributed by atoms with Crippen LogP contribution in [0.2, 0.25) is 0 Å². The molecule has 1 fully saturated rings. The van der Waals surface area contributed by atoms with Gasteiger partial charge in [0.1, 0.15) is 0 Å². The van der Waals surface area contributed by atoms with E-state index >= 15 is 0 Å². The molecule has 24 heavy (non-hydrogen) atoms. The van der Waals surface area contributed by atoms with Crippen LogP contribution in [0.3, 0.4) is 0 Å². The van der Waals surface area contributed by atoms with Crippen molar-refractivity contribution in [2.24, 2.45) is 0 Å². The van der Waals surface area contributed by atoms with Gasteiger partial charge in [0.05, 0.1) is 0 Å². The quantitative estimate of drug-likeness (QED) is 0.547. The Morgan fingerprint density at radius 1 is 0.625 bits per heavy atom. The number of hydrogen-bond acceptors (Lipinski definition) is 0. The van der Waals surface area contributed by atoms with E-state index in [0.29, 0.717) is 0 Å². The molecule has 0 spiro atoms. The highest BCUT2D eigenvalue weighted by atomic mass is 31.2. The van der Waals surface area contributed by atoms with Crippen LogP contribution < -0.4 is 10.6 Å². The first-order valence-corrected chi connectivity index (χ1v) is 12.2. The molecule has 0 nitrogen and oxygen atoms in total. The highest BCUT2D eigenvalue weighted by molar-refractivity contribution is 7.90. The molecule has 0 aromatic heterocycles. The summed E-state index contributed by atoms with van der Waals surface area (Å²) in [7, 11) is -1.26. The highest BCUT2D eigenvalue weighted by Crippen LogP contribution is 2.66. The summed E-state index contributed by atoms with van der Waals surface area (Å²) in [6.45, 7) is 2.65. The lowest BCUT2D eigenvalue weighted by atomic mass is 10.0. The topological polar surface area (TPSA) is 0 Å². The molecule has 1 aliphatic carbocycles. The molecule has 1 radical (unpaired) electrons. The average molecular weight is 337 g/mol. The Kier molecular flexibility index (Phi) is 4.77. The van der Waals surface area contributed by atoms with Gasteiger partial charge in [0.25, 0.3) is 0 Å². The van der Waals surface area contributed by atoms with E-state index in [4.69, 9.17) is 0 Å². The molecule has 1 heterocycles. The molecule has 0 amide bonds. The average Bonchev–Trinajstić information content (AvgIpc) is 2.90. The van der Waals surface area contributed by atoms with Gasteiger partial charge in [0.15, 0.2) is 0 Å². The lowest BCUT2D eigenvalue weighted by Crippen LogP contribution is -2.27. The largest absolute Gasteiger partial charge is 0.0687 e. The second-order valence-electron chi connectivity index (χ2n) is 7.82. The van der Waals surface area contributed by atoms with Crippen molar-refractivity contribution < 1.29 is 0 Å². The van der Waals surface area contributed by atoms with Crippen LogP contribution in [-0.2, 0) is 0 Å². The molecule has 2 aliphatic rings. The van der Waals surface area contributed by atoms with Crippen molar-refractivity contribution in [1.29, 1.82) is 0 Å². The van der Waals surface area contributed by atoms with E-state index in [0.717, 1.165) is 5.66 Å². The molecule has 1 saturated carbocycles. The van der Waals surface area contributed by atoms with Crippen molar-refractivity contribution >= 4 is 17.9 Å². The van der Waals surface area contributed by atoms with Crippen molar-refractivity contribution in [3.8, 4) is 11.1 Å². The Hall–Kier alpha value is -1.13. The molecule has 4 rings (SSSR count). The number of fused-ring (bicyclic) bond motifs is 3. The minimum Gasteiger partial charge on any atom is -0.0687 e. The van der Waals surface area contributed by atoms with Crippen LogP contribution in [0.1, 0.15) is 57.8 Å². The van der Waals surface area contributed by atoms with E-state index < -0.39 is 7.26 Å². The monoisotopic (exact) mass is 337 g/mol. The third-order valence-electron chi connectivity index (χ3n) is 6.40. The van der Waals surface area contributed by atoms with Gasteiger partial charge in [0.2, 0.25) is 0 Å². The van der Waals surface area contributed by atoms with Crippen molar-refractivity contribution in [3.05, 3.63) is 48.5 Å². The van der Waals surface area contributed by atoms with E-state index in [9.17, 15) is 0 Å². The van der Waals surface area contributed by atoms with E-state index in [1.165, 1.54) is 68.9 Å². The fraction of sp³-hybridized carbons (Fsp3) is 0.478. The van der Waals surface area contributed by atoms with Crippen LogP contribution >= 0.6 is 7.26 Å². The molecule has 1 heteroatoms. The van der Waals surface area contributed by atoms with Gasteiger partial charge in [-0.2, -0.15) is 0 Å². The summed E-state index contributed by atoms with van der Waals surface area (Å²) in [6.07, 6.45) is 13.0. The number of benzene rings is 2. The predicted molar refractivity (Wildman–Crippen MR) is 109 cm³/mol. The third kappa shape index (κ3) is 2.74. The van der Waals surface area contributed by atoms with Crippen LogP contribution in [-0.4, -0.2) is 12.3 Å². The molecule has 0 saturated heterocycles. The number of hydrogen-bond donors (Lipinski definition) is 0. The van der Waals surface area contributed by atoms with E-state index in [1.54, 1.807) is 10.6 Å². The number of rotatable bonds is 1. The molecular weight excluding hydrogens is 307 g/mol. The standard InChI is InChI=1S/C23H30P/c1-24(19-13-7-5-3-2-4-6-8-14-19)22-17-11-9-15-20(22)21-16-10-12-18-23(21)24/h9-12,15-19H,2-8,13-14H2,1H3. The fourth-order valence-corrected chi connectivity index (χ4v) is 9.67. The summed E-state index contributed by atoms with van der Waals surface area (Å²) < 4.78 is 0. The molecule has 0 bridgehead atoms. The van der Waals surface area contributed by atoms with E-state index in [2.05, 4.69) is 55.2 Å². The Labute approximate surface area is 148 Å². The second kappa shape index (κ2) is 7.01. The third-order valence-corrected chi connectivity index (χ3v) is 11.2. The van der Waals surface area contributed by atoms with Crippen molar-refractivity contribution in [2.45, 2.75) is 63.4 Å². The first-order chi connectivity index (χ1) is 11.8. The first-order valence-electron chi connectivity index (χ1n) is 9.87. The van der Waals surface area contributed by atoms with Crippen LogP contribution in [0, 0.1) is 0 Å². The van der Waals surface area contributed by atoms with Gasteiger partial charge >= 0.3 is 0 Å². The van der Waals surface area contributed by atoms with E-state index in [-0.39, 0.29) is 0 Å². The molecule has 1 aliphatic heterocycles. The van der Waals surface area contributed by atoms with Gasteiger partial charge in [-0.25, -0.2) is 0 Å². The normalized spacial score (nSPS) is 21.0. The smallest absolute Gasteiger partial charge is 0.0101 e. The summed E-state index contributed by atoms with van der Waals surface area (Å²) in [6, 6.07) is 18.6. The first kappa shape index (κ1) is 16.3. The lowest BCUT2D eigenvalue weighted by Gasteiger charge is -2.39. The minimum absolute atomic E-state index is 0.889. The highest BCUT2D eigenvalue weighted by Gasteiger charge is 2.42. The Balaban J connectivity index is 1.76. The Morgan fingerprint density at radius 3 is 1.54 bits per heavy atom. The zero-order valence-corrected chi connectivity index (χ0v) is 15.9. The van der Waals surface area contributed by atoms with Crippen LogP contribution in [0.15, 0.2) is 48.5 Å². The zero-order valence-electron chi connectivity index (χ0n) is 15.0. The van der Waals surface area contributed by atoms with Crippen LogP contribution in [0.25, 0.3) is 11.1 Å². The predicted octanol–water partition coefficient (Wildman–Crippen LogP) is 6.16. The van der Waals surface area contributed by atoms with Crippen molar-refractivity contribution in [1.82, 2.24) is 0 Å². The maximum absolute atomic E-state index is 2.65. The van der Waals surface area contributed by atoms with Gasteiger partial charge in [-0.1, -0.05) is 101 Å². The SMILES string of the molecule is C[P]1(C2CCCCCCCCC2)c2ccccc2-c2ccccc21. The van der Waals surface area contributed by atoms with Gasteiger partial charge in [0, 0.05) is 0 Å². The minimum atomic E-state index is -1.26. The molecule has 0 unspecified atom stereocenters. The summed E-state index contributed by atoms with van der Waals surface area (Å²) in [5.41, 5.74) is 3.95. The molecular formula is C23H30P. The molecule has 2 aromatic rings. The van der Waals surface area contributed by atoms with Crippen molar-refractivity contribution in [2.75, 3.05) is 6.66 Å². The van der Waals surface area contributed by atoms with Crippen LogP contribution in [0.5, 0.6) is 0 Å². The van der Waals surface area contributed by atoms with Crippen LogP contribution in [0.4, 0.5) is 0 Å². The summed E-state index contributed by atoms with van der Waals surface area (Å²) in [5, 5.41) is 3.38. The van der Waals surface area contributed by atoms with Gasteiger partial charge in [-0.3, -0.25) is 0 Å². The van der Waals surface area contributed by atoms with Gasteiger partial charge < -0.3 is 0 Å². The Bertz CT molecular complexity index is 647. The van der Waals surface area contributed by atoms with E-state index in [1.807, 2.05) is 0 Å². The maximum atomic E-state index is 2.65. The summed E-state index contributed by atoms with van der Waals surface area (Å²) in [4.78, 5) is 0. The second-order valence-corrected chi connectivity index (χ2v) is 11.7. The fourth-order valence-electron chi connectivity index (χ4n) is 5.04. The summed E-state index contributed by atoms with van der Waals surface area (Å²) in [5.74, 6) is 0. The maximum Gasteiger partial charge on any atom is -0.0101 e. The zero-order chi connectivity index (χ0) is 16.4. The van der Waals surface area contributed by atoms with Gasteiger partial charge in [-0.15, -0.1) is 0 Å². The van der Waals surface area contributed by atoms with Crippen molar-refractivity contribution in [3.63, 3.8) is 0 Å². The Morgan fingerprint density at radius 2 is 1.04 bits per heavy atom. The molecule has 0 N–H and O–H groups in total. The molecule has 2 aromatic carbocycles. The molecule has 127 valence electrons. The lowest BCUT2D eigenvalue weighted by molar-refractivity contribution is 0.508. The summed E-state index contributed by atoms with van der Waals surface area (Å²) >= 11 is 0. The van der Waals surface area contributed by atoms with Gasteiger partial charge in [-0.05, 0) is 46.9 Å². The molecule has 0 atom stereocenters.